The number of hydrogen-bond acceptors (Lipinski definition) is 4. The molecule has 1 aliphatic heterocycles. The average Bonchev–Trinajstić information content (AvgIpc) is 2.74. The lowest BCUT2D eigenvalue weighted by molar-refractivity contribution is -0.128. The van der Waals surface area contributed by atoms with Gasteiger partial charge in [-0.1, -0.05) is 37.3 Å². The Hall–Kier alpha value is -2.37. The molecule has 1 fully saturated rings. The molecule has 156 valence electrons. The molecule has 2 aromatic carbocycles. The third-order valence-electron chi connectivity index (χ3n) is 5.39. The highest BCUT2D eigenvalue weighted by atomic mass is 16.5. The van der Waals surface area contributed by atoms with Crippen LogP contribution < -0.4 is 10.1 Å². The Bertz CT molecular complexity index is 816. The third-order valence-corrected chi connectivity index (χ3v) is 5.39. The molecule has 5 heteroatoms. The summed E-state index contributed by atoms with van der Waals surface area (Å²) in [4.78, 5) is 15.0. The quantitative estimate of drug-likeness (QED) is 0.741. The lowest BCUT2D eigenvalue weighted by atomic mass is 10.1. The number of carbonyl (C=O) groups is 1. The summed E-state index contributed by atoms with van der Waals surface area (Å²) in [5.41, 5.74) is 4.74. The molecule has 29 heavy (non-hydrogen) atoms. The first-order valence-corrected chi connectivity index (χ1v) is 10.4. The van der Waals surface area contributed by atoms with E-state index in [1.165, 1.54) is 11.1 Å². The molecule has 0 aromatic heterocycles. The second-order valence-corrected chi connectivity index (χ2v) is 7.69. The monoisotopic (exact) mass is 396 g/mol. The van der Waals surface area contributed by atoms with Crippen LogP contribution in [0.5, 0.6) is 5.75 Å². The van der Waals surface area contributed by atoms with Crippen LogP contribution in [0.25, 0.3) is 0 Å². The fourth-order valence-corrected chi connectivity index (χ4v) is 3.43. The highest BCUT2D eigenvalue weighted by Crippen LogP contribution is 2.19. The number of aryl methyl sites for hydroxylation is 2. The van der Waals surface area contributed by atoms with Crippen molar-refractivity contribution in [3.8, 4) is 5.75 Å². The maximum atomic E-state index is 12.6. The zero-order valence-electron chi connectivity index (χ0n) is 17.7. The van der Waals surface area contributed by atoms with Gasteiger partial charge >= 0.3 is 0 Å². The van der Waals surface area contributed by atoms with Crippen LogP contribution >= 0.6 is 0 Å². The summed E-state index contributed by atoms with van der Waals surface area (Å²) >= 11 is 0. The molecule has 0 saturated carbocycles. The van der Waals surface area contributed by atoms with Gasteiger partial charge in [0.2, 0.25) is 0 Å². The second-order valence-electron chi connectivity index (χ2n) is 7.69. The summed E-state index contributed by atoms with van der Waals surface area (Å²) in [5, 5.41) is 3.03. The van der Waals surface area contributed by atoms with E-state index in [9.17, 15) is 4.79 Å². The zero-order valence-corrected chi connectivity index (χ0v) is 17.7. The number of ether oxygens (including phenoxy) is 2. The van der Waals surface area contributed by atoms with Gasteiger partial charge in [0.1, 0.15) is 5.75 Å². The molecular weight excluding hydrogens is 364 g/mol. The first-order chi connectivity index (χ1) is 14.0. The molecule has 0 aliphatic carbocycles. The minimum atomic E-state index is -0.492. The van der Waals surface area contributed by atoms with Crippen LogP contribution in [-0.2, 0) is 22.6 Å². The molecular formula is C24H32N2O3. The van der Waals surface area contributed by atoms with Crippen molar-refractivity contribution in [1.29, 1.82) is 0 Å². The number of rotatable bonds is 8. The summed E-state index contributed by atoms with van der Waals surface area (Å²) in [6.45, 7) is 11.0. The van der Waals surface area contributed by atoms with Gasteiger partial charge in [0, 0.05) is 26.2 Å². The van der Waals surface area contributed by atoms with Crippen LogP contribution in [0.4, 0.5) is 0 Å². The van der Waals surface area contributed by atoms with E-state index in [0.29, 0.717) is 13.0 Å². The van der Waals surface area contributed by atoms with Gasteiger partial charge in [-0.05, 0) is 54.7 Å². The van der Waals surface area contributed by atoms with Gasteiger partial charge in [0.05, 0.1) is 13.2 Å². The maximum Gasteiger partial charge on any atom is 0.261 e. The van der Waals surface area contributed by atoms with E-state index < -0.39 is 6.10 Å². The third kappa shape index (κ3) is 6.31. The summed E-state index contributed by atoms with van der Waals surface area (Å²) < 4.78 is 11.4. The molecule has 0 radical (unpaired) electrons. The fraction of sp³-hybridized carbons (Fsp3) is 0.458. The van der Waals surface area contributed by atoms with Crippen molar-refractivity contribution < 1.29 is 14.3 Å². The first kappa shape index (κ1) is 21.3. The Morgan fingerprint density at radius 1 is 1.10 bits per heavy atom. The van der Waals surface area contributed by atoms with Crippen molar-refractivity contribution in [2.45, 2.75) is 46.4 Å². The van der Waals surface area contributed by atoms with Crippen molar-refractivity contribution >= 4 is 5.91 Å². The molecule has 0 bridgehead atoms. The Morgan fingerprint density at radius 2 is 1.86 bits per heavy atom. The predicted octanol–water partition coefficient (Wildman–Crippen LogP) is 3.61. The smallest absolute Gasteiger partial charge is 0.261 e. The van der Waals surface area contributed by atoms with Gasteiger partial charge < -0.3 is 14.8 Å². The molecule has 3 rings (SSSR count). The van der Waals surface area contributed by atoms with Crippen molar-refractivity contribution in [3.63, 3.8) is 0 Å². The van der Waals surface area contributed by atoms with E-state index >= 15 is 0 Å². The molecule has 1 amide bonds. The molecule has 0 spiro atoms. The van der Waals surface area contributed by atoms with Crippen LogP contribution in [0, 0.1) is 13.8 Å². The number of hydrogen-bond donors (Lipinski definition) is 1. The van der Waals surface area contributed by atoms with E-state index in [0.717, 1.165) is 49.7 Å². The van der Waals surface area contributed by atoms with E-state index in [2.05, 4.69) is 35.3 Å². The standard InChI is InChI=1S/C24H32N2O3/c1-4-23(29-22-9-8-18(2)19(3)14-22)24(27)25-16-20-6-5-7-21(15-20)17-26-10-12-28-13-11-26/h5-9,14-15,23H,4,10-13,16-17H2,1-3H3,(H,25,27). The van der Waals surface area contributed by atoms with Gasteiger partial charge in [-0.25, -0.2) is 0 Å². The Kier molecular flexibility index (Phi) is 7.67. The lowest BCUT2D eigenvalue weighted by Crippen LogP contribution is -2.37. The topological polar surface area (TPSA) is 50.8 Å². The Balaban J connectivity index is 1.54. The maximum absolute atomic E-state index is 12.6. The molecule has 1 aliphatic rings. The highest BCUT2D eigenvalue weighted by Gasteiger charge is 2.18. The van der Waals surface area contributed by atoms with Crippen LogP contribution in [0.1, 0.15) is 35.6 Å². The van der Waals surface area contributed by atoms with Gasteiger partial charge in [-0.3, -0.25) is 9.69 Å². The van der Waals surface area contributed by atoms with Gasteiger partial charge in [-0.2, -0.15) is 0 Å². The van der Waals surface area contributed by atoms with Gasteiger partial charge in [-0.15, -0.1) is 0 Å². The minimum absolute atomic E-state index is 0.0793. The number of benzene rings is 2. The van der Waals surface area contributed by atoms with Crippen LogP contribution in [0.15, 0.2) is 42.5 Å². The van der Waals surface area contributed by atoms with Crippen LogP contribution in [-0.4, -0.2) is 43.2 Å². The zero-order chi connectivity index (χ0) is 20.6. The number of nitrogens with zero attached hydrogens (tertiary/aromatic N) is 1. The van der Waals surface area contributed by atoms with Crippen molar-refractivity contribution in [3.05, 3.63) is 64.7 Å². The molecule has 2 aromatic rings. The Morgan fingerprint density at radius 3 is 2.59 bits per heavy atom. The van der Waals surface area contributed by atoms with Crippen molar-refractivity contribution in [2.24, 2.45) is 0 Å². The fourth-order valence-electron chi connectivity index (χ4n) is 3.43. The molecule has 5 nitrogen and oxygen atoms in total. The average molecular weight is 397 g/mol. The number of carbonyl (C=O) groups excluding carboxylic acids is 1. The summed E-state index contributed by atoms with van der Waals surface area (Å²) in [7, 11) is 0. The first-order valence-electron chi connectivity index (χ1n) is 10.4. The second kappa shape index (κ2) is 10.4. The number of nitrogens with one attached hydrogen (secondary N) is 1. The molecule has 1 unspecified atom stereocenters. The Labute approximate surface area is 174 Å². The van der Waals surface area contributed by atoms with E-state index in [1.807, 2.05) is 38.1 Å². The SMILES string of the molecule is CCC(Oc1ccc(C)c(C)c1)C(=O)NCc1cccc(CN2CCOCC2)c1. The van der Waals surface area contributed by atoms with E-state index in [1.54, 1.807) is 0 Å². The minimum Gasteiger partial charge on any atom is -0.481 e. The van der Waals surface area contributed by atoms with Gasteiger partial charge in [0.15, 0.2) is 6.10 Å². The highest BCUT2D eigenvalue weighted by molar-refractivity contribution is 5.81. The molecule has 1 heterocycles. The van der Waals surface area contributed by atoms with E-state index in [4.69, 9.17) is 9.47 Å². The van der Waals surface area contributed by atoms with E-state index in [-0.39, 0.29) is 5.91 Å². The number of morpholine rings is 1. The van der Waals surface area contributed by atoms with Crippen LogP contribution in [0.2, 0.25) is 0 Å². The summed E-state index contributed by atoms with van der Waals surface area (Å²) in [5.74, 6) is 0.659. The molecule has 1 saturated heterocycles. The predicted molar refractivity (Wildman–Crippen MR) is 115 cm³/mol. The van der Waals surface area contributed by atoms with Crippen molar-refractivity contribution in [1.82, 2.24) is 10.2 Å². The molecule has 1 atom stereocenters. The molecule has 1 N–H and O–H groups in total. The number of amides is 1. The summed E-state index contributed by atoms with van der Waals surface area (Å²) in [6.07, 6.45) is 0.129. The van der Waals surface area contributed by atoms with Gasteiger partial charge in [0.25, 0.3) is 5.91 Å². The lowest BCUT2D eigenvalue weighted by Gasteiger charge is -2.26. The normalized spacial score (nSPS) is 15.7. The van der Waals surface area contributed by atoms with Crippen molar-refractivity contribution in [2.75, 3.05) is 26.3 Å². The largest absolute Gasteiger partial charge is 0.481 e. The summed E-state index contributed by atoms with van der Waals surface area (Å²) in [6, 6.07) is 14.3. The van der Waals surface area contributed by atoms with Crippen LogP contribution in [0.3, 0.4) is 0 Å².